The number of para-hydroxylation sites is 1. The Morgan fingerprint density at radius 3 is 2.58 bits per heavy atom. The molecule has 1 aromatic carbocycles. The molecule has 0 unspecified atom stereocenters. The van der Waals surface area contributed by atoms with Crippen LogP contribution in [0.4, 0.5) is 5.69 Å². The molecular formula is C18H24N4OS. The molecule has 0 saturated heterocycles. The summed E-state index contributed by atoms with van der Waals surface area (Å²) in [5, 5.41) is 12.3. The monoisotopic (exact) mass is 344 g/mol. The lowest BCUT2D eigenvalue weighted by Crippen LogP contribution is -2.24. The van der Waals surface area contributed by atoms with Gasteiger partial charge in [-0.2, -0.15) is 0 Å². The van der Waals surface area contributed by atoms with Gasteiger partial charge < -0.3 is 9.88 Å². The van der Waals surface area contributed by atoms with Crippen LogP contribution in [0.3, 0.4) is 0 Å². The third-order valence-corrected chi connectivity index (χ3v) is 5.47. The molecule has 1 atom stereocenters. The molecule has 0 aliphatic heterocycles. The maximum Gasteiger partial charge on any atom is 0.237 e. The van der Waals surface area contributed by atoms with E-state index in [1.807, 2.05) is 39.0 Å². The molecule has 24 heavy (non-hydrogen) atoms. The van der Waals surface area contributed by atoms with Crippen molar-refractivity contribution >= 4 is 23.4 Å². The molecule has 1 amide bonds. The molecule has 0 bridgehead atoms. The van der Waals surface area contributed by atoms with Crippen LogP contribution < -0.4 is 5.32 Å². The van der Waals surface area contributed by atoms with Crippen molar-refractivity contribution in [2.45, 2.75) is 63.4 Å². The van der Waals surface area contributed by atoms with Crippen molar-refractivity contribution < 1.29 is 4.79 Å². The molecule has 0 spiro atoms. The van der Waals surface area contributed by atoms with E-state index in [0.29, 0.717) is 5.92 Å². The molecule has 2 aromatic rings. The number of hydrogen-bond donors (Lipinski definition) is 1. The van der Waals surface area contributed by atoms with Crippen LogP contribution in [0.25, 0.3) is 0 Å². The van der Waals surface area contributed by atoms with Crippen molar-refractivity contribution in [1.29, 1.82) is 0 Å². The molecule has 1 aromatic heterocycles. The van der Waals surface area contributed by atoms with Crippen LogP contribution in [0.5, 0.6) is 0 Å². The zero-order chi connectivity index (χ0) is 17.3. The Morgan fingerprint density at radius 2 is 2.00 bits per heavy atom. The number of aromatic nitrogens is 3. The molecule has 0 radical (unpaired) electrons. The van der Waals surface area contributed by atoms with Gasteiger partial charge in [-0.05, 0) is 51.7 Å². The largest absolute Gasteiger partial charge is 0.325 e. The predicted molar refractivity (Wildman–Crippen MR) is 97.5 cm³/mol. The van der Waals surface area contributed by atoms with Crippen LogP contribution in [0.15, 0.2) is 23.4 Å². The first-order valence-corrected chi connectivity index (χ1v) is 9.36. The Bertz CT molecular complexity index is 731. The number of nitrogens with zero attached hydrogens (tertiary/aromatic N) is 3. The number of rotatable bonds is 6. The Labute approximate surface area is 147 Å². The fourth-order valence-electron chi connectivity index (χ4n) is 2.78. The lowest BCUT2D eigenvalue weighted by molar-refractivity contribution is -0.115. The first-order chi connectivity index (χ1) is 11.5. The molecule has 1 heterocycles. The van der Waals surface area contributed by atoms with E-state index >= 15 is 0 Å². The molecule has 1 aliphatic carbocycles. The van der Waals surface area contributed by atoms with Crippen molar-refractivity contribution in [3.63, 3.8) is 0 Å². The average molecular weight is 344 g/mol. The van der Waals surface area contributed by atoms with Crippen molar-refractivity contribution in [2.24, 2.45) is 0 Å². The SMILES string of the molecule is CCn1c(S[C@@H](C)C(=O)Nc2c(C)cccc2C)nnc1C1CC1. The minimum Gasteiger partial charge on any atom is -0.325 e. The summed E-state index contributed by atoms with van der Waals surface area (Å²) in [6.07, 6.45) is 2.40. The van der Waals surface area contributed by atoms with Gasteiger partial charge in [0.05, 0.1) is 5.25 Å². The first-order valence-electron chi connectivity index (χ1n) is 8.48. The zero-order valence-corrected chi connectivity index (χ0v) is 15.5. The molecule has 3 rings (SSSR count). The Kier molecular flexibility index (Phi) is 4.94. The van der Waals surface area contributed by atoms with Crippen LogP contribution >= 0.6 is 11.8 Å². The second-order valence-electron chi connectivity index (χ2n) is 6.38. The third-order valence-electron chi connectivity index (χ3n) is 4.38. The molecule has 5 nitrogen and oxygen atoms in total. The van der Waals surface area contributed by atoms with Crippen LogP contribution in [-0.4, -0.2) is 25.9 Å². The van der Waals surface area contributed by atoms with Gasteiger partial charge in [-0.3, -0.25) is 4.79 Å². The lowest BCUT2D eigenvalue weighted by atomic mass is 10.1. The van der Waals surface area contributed by atoms with E-state index in [0.717, 1.165) is 34.3 Å². The van der Waals surface area contributed by atoms with Crippen molar-refractivity contribution in [3.8, 4) is 0 Å². The fraction of sp³-hybridized carbons (Fsp3) is 0.500. The third kappa shape index (κ3) is 3.48. The topological polar surface area (TPSA) is 59.8 Å². The number of hydrogen-bond acceptors (Lipinski definition) is 4. The number of anilines is 1. The first kappa shape index (κ1) is 17.0. The van der Waals surface area contributed by atoms with Gasteiger partial charge in [0.1, 0.15) is 5.82 Å². The molecule has 128 valence electrons. The predicted octanol–water partition coefficient (Wildman–Crippen LogP) is 3.91. The molecule has 1 aliphatic rings. The van der Waals surface area contributed by atoms with Crippen molar-refractivity contribution in [3.05, 3.63) is 35.2 Å². The van der Waals surface area contributed by atoms with Gasteiger partial charge in [0.25, 0.3) is 0 Å². The van der Waals surface area contributed by atoms with Crippen LogP contribution in [0.2, 0.25) is 0 Å². The fourth-order valence-corrected chi connectivity index (χ4v) is 3.70. The highest BCUT2D eigenvalue weighted by Crippen LogP contribution is 2.40. The van der Waals surface area contributed by atoms with Crippen LogP contribution in [0.1, 0.15) is 49.6 Å². The van der Waals surface area contributed by atoms with Gasteiger partial charge in [-0.25, -0.2) is 0 Å². The van der Waals surface area contributed by atoms with Crippen LogP contribution in [-0.2, 0) is 11.3 Å². The zero-order valence-electron chi connectivity index (χ0n) is 14.7. The van der Waals surface area contributed by atoms with Crippen molar-refractivity contribution in [2.75, 3.05) is 5.32 Å². The van der Waals surface area contributed by atoms with Crippen molar-refractivity contribution in [1.82, 2.24) is 14.8 Å². The molecule has 1 fully saturated rings. The molecule has 1 N–H and O–H groups in total. The molecule has 1 saturated carbocycles. The van der Waals surface area contributed by atoms with E-state index in [-0.39, 0.29) is 11.2 Å². The summed E-state index contributed by atoms with van der Waals surface area (Å²) in [6, 6.07) is 6.02. The number of aryl methyl sites for hydroxylation is 2. The Morgan fingerprint density at radius 1 is 1.33 bits per heavy atom. The van der Waals surface area contributed by atoms with E-state index in [9.17, 15) is 4.79 Å². The van der Waals surface area contributed by atoms with E-state index in [1.54, 1.807) is 0 Å². The average Bonchev–Trinajstić information content (AvgIpc) is 3.32. The number of amides is 1. The summed E-state index contributed by atoms with van der Waals surface area (Å²) in [6.45, 7) is 8.87. The summed E-state index contributed by atoms with van der Waals surface area (Å²) in [7, 11) is 0. The molecule has 6 heteroatoms. The minimum absolute atomic E-state index is 0.00368. The van der Waals surface area contributed by atoms with Gasteiger partial charge >= 0.3 is 0 Å². The second-order valence-corrected chi connectivity index (χ2v) is 7.68. The Hall–Kier alpha value is -1.82. The number of carbonyl (C=O) groups excluding carboxylic acids is 1. The maximum atomic E-state index is 12.6. The van der Waals surface area contributed by atoms with E-state index in [2.05, 4.69) is 27.0 Å². The van der Waals surface area contributed by atoms with E-state index in [4.69, 9.17) is 0 Å². The summed E-state index contributed by atoms with van der Waals surface area (Å²) >= 11 is 1.48. The molecular weight excluding hydrogens is 320 g/mol. The summed E-state index contributed by atoms with van der Waals surface area (Å²) < 4.78 is 2.14. The quantitative estimate of drug-likeness (QED) is 0.807. The highest BCUT2D eigenvalue weighted by molar-refractivity contribution is 8.00. The van der Waals surface area contributed by atoms with E-state index < -0.39 is 0 Å². The number of carbonyl (C=O) groups is 1. The van der Waals surface area contributed by atoms with Gasteiger partial charge in [-0.15, -0.1) is 10.2 Å². The summed E-state index contributed by atoms with van der Waals surface area (Å²) in [4.78, 5) is 12.6. The van der Waals surface area contributed by atoms with Crippen LogP contribution in [0, 0.1) is 13.8 Å². The summed E-state index contributed by atoms with van der Waals surface area (Å²) in [5.41, 5.74) is 3.06. The number of thioether (sulfide) groups is 1. The Balaban J connectivity index is 1.70. The lowest BCUT2D eigenvalue weighted by Gasteiger charge is -2.15. The standard InChI is InChI=1S/C18H24N4OS/c1-5-22-16(14-9-10-14)20-21-18(22)24-13(4)17(23)19-15-11(2)7-6-8-12(15)3/h6-8,13-14H,5,9-10H2,1-4H3,(H,19,23)/t13-/m0/s1. The van der Waals surface area contributed by atoms with E-state index in [1.165, 1.54) is 24.6 Å². The highest BCUT2D eigenvalue weighted by atomic mass is 32.2. The highest BCUT2D eigenvalue weighted by Gasteiger charge is 2.30. The minimum atomic E-state index is -0.231. The number of benzene rings is 1. The van der Waals surface area contributed by atoms with Gasteiger partial charge in [0.15, 0.2) is 5.16 Å². The smallest absolute Gasteiger partial charge is 0.237 e. The summed E-state index contributed by atoms with van der Waals surface area (Å²) in [5.74, 6) is 1.63. The van der Waals surface area contributed by atoms with Gasteiger partial charge in [-0.1, -0.05) is 30.0 Å². The maximum absolute atomic E-state index is 12.6. The van der Waals surface area contributed by atoms with Gasteiger partial charge in [0.2, 0.25) is 5.91 Å². The second kappa shape index (κ2) is 6.97. The van der Waals surface area contributed by atoms with Gasteiger partial charge in [0, 0.05) is 18.2 Å². The number of nitrogens with one attached hydrogen (secondary N) is 1. The normalized spacial score (nSPS) is 15.3.